The third-order valence-electron chi connectivity index (χ3n) is 2.93. The van der Waals surface area contributed by atoms with E-state index in [-0.39, 0.29) is 11.7 Å². The monoisotopic (exact) mass is 213 g/mol. The van der Waals surface area contributed by atoms with Crippen LogP contribution in [0.3, 0.4) is 0 Å². The number of hydrogen-bond donors (Lipinski definition) is 0. The number of likely N-dealkylation sites (tertiary alicyclic amines) is 1. The summed E-state index contributed by atoms with van der Waals surface area (Å²) in [6, 6.07) is 0. The number of hydrogen-bond acceptors (Lipinski definition) is 3. The van der Waals surface area contributed by atoms with E-state index in [1.807, 2.05) is 20.8 Å². The molecule has 0 aromatic carbocycles. The Kier molecular flexibility index (Phi) is 2.41. The zero-order chi connectivity index (χ0) is 11.1. The molecule has 2 rings (SSSR count). The molecule has 15 heavy (non-hydrogen) atoms. The fourth-order valence-electron chi connectivity index (χ4n) is 2.04. The van der Waals surface area contributed by atoms with Gasteiger partial charge in [0.1, 0.15) is 5.60 Å². The van der Waals surface area contributed by atoms with Crippen molar-refractivity contribution in [3.05, 3.63) is 0 Å². The van der Waals surface area contributed by atoms with Crippen LogP contribution in [0.1, 0.15) is 33.6 Å². The molecule has 0 radical (unpaired) electrons. The lowest BCUT2D eigenvalue weighted by Gasteiger charge is -2.38. The highest BCUT2D eigenvalue weighted by atomic mass is 16.6. The maximum absolute atomic E-state index is 11.7. The van der Waals surface area contributed by atoms with Crippen molar-refractivity contribution >= 4 is 6.09 Å². The fourth-order valence-corrected chi connectivity index (χ4v) is 2.04. The smallest absolute Gasteiger partial charge is 0.410 e. The minimum absolute atomic E-state index is 0.0308. The second-order valence-corrected chi connectivity index (χ2v) is 5.43. The lowest BCUT2D eigenvalue weighted by atomic mass is 9.94. The standard InChI is InChI=1S/C11H19NO3/c1-10(2,3)15-9(13)12-6-4-11(8-12)5-7-14-11/h4-8H2,1-3H3. The Morgan fingerprint density at radius 2 is 2.07 bits per heavy atom. The van der Waals surface area contributed by atoms with Crippen LogP contribution in [0.5, 0.6) is 0 Å². The van der Waals surface area contributed by atoms with E-state index in [0.717, 1.165) is 26.0 Å². The van der Waals surface area contributed by atoms with Crippen molar-refractivity contribution in [2.75, 3.05) is 19.7 Å². The first-order valence-corrected chi connectivity index (χ1v) is 5.52. The van der Waals surface area contributed by atoms with Crippen molar-refractivity contribution in [3.63, 3.8) is 0 Å². The number of carbonyl (C=O) groups excluding carboxylic acids is 1. The zero-order valence-electron chi connectivity index (χ0n) is 9.71. The molecule has 1 unspecified atom stereocenters. The second-order valence-electron chi connectivity index (χ2n) is 5.43. The Morgan fingerprint density at radius 1 is 1.40 bits per heavy atom. The van der Waals surface area contributed by atoms with Gasteiger partial charge in [-0.25, -0.2) is 4.79 Å². The molecule has 4 heteroatoms. The Labute approximate surface area is 90.5 Å². The van der Waals surface area contributed by atoms with E-state index in [1.165, 1.54) is 0 Å². The van der Waals surface area contributed by atoms with Crippen LogP contribution >= 0.6 is 0 Å². The molecule has 0 bridgehead atoms. The molecule has 2 saturated heterocycles. The van der Waals surface area contributed by atoms with E-state index in [1.54, 1.807) is 4.90 Å². The summed E-state index contributed by atoms with van der Waals surface area (Å²) in [6.45, 7) is 7.95. The SMILES string of the molecule is CC(C)(C)OC(=O)N1CCC2(CCO2)C1. The number of rotatable bonds is 0. The van der Waals surface area contributed by atoms with Gasteiger partial charge in [0, 0.05) is 13.0 Å². The minimum Gasteiger partial charge on any atom is -0.444 e. The molecule has 1 amide bonds. The van der Waals surface area contributed by atoms with E-state index in [9.17, 15) is 4.79 Å². The summed E-state index contributed by atoms with van der Waals surface area (Å²) in [4.78, 5) is 13.5. The van der Waals surface area contributed by atoms with Gasteiger partial charge in [0.05, 0.1) is 18.8 Å². The molecule has 4 nitrogen and oxygen atoms in total. The Balaban J connectivity index is 1.88. The number of nitrogens with zero attached hydrogens (tertiary/aromatic N) is 1. The van der Waals surface area contributed by atoms with Crippen LogP contribution in [-0.4, -0.2) is 41.9 Å². The first-order valence-electron chi connectivity index (χ1n) is 5.52. The first-order chi connectivity index (χ1) is 6.90. The molecule has 0 aromatic heterocycles. The summed E-state index contributed by atoms with van der Waals surface area (Å²) in [7, 11) is 0. The van der Waals surface area contributed by atoms with Crippen molar-refractivity contribution in [2.24, 2.45) is 0 Å². The summed E-state index contributed by atoms with van der Waals surface area (Å²) in [6.07, 6.45) is 1.81. The van der Waals surface area contributed by atoms with Gasteiger partial charge in [-0.15, -0.1) is 0 Å². The van der Waals surface area contributed by atoms with Gasteiger partial charge >= 0.3 is 6.09 Å². The molecule has 0 N–H and O–H groups in total. The third-order valence-corrected chi connectivity index (χ3v) is 2.93. The lowest BCUT2D eigenvalue weighted by molar-refractivity contribution is -0.136. The van der Waals surface area contributed by atoms with Crippen LogP contribution in [-0.2, 0) is 9.47 Å². The molecule has 2 aliphatic rings. The number of carbonyl (C=O) groups is 1. The molecule has 2 fully saturated rings. The molecule has 2 heterocycles. The largest absolute Gasteiger partial charge is 0.444 e. The van der Waals surface area contributed by atoms with Crippen LogP contribution in [0.4, 0.5) is 4.79 Å². The van der Waals surface area contributed by atoms with E-state index in [2.05, 4.69) is 0 Å². The molecule has 86 valence electrons. The molecule has 0 aliphatic carbocycles. The Morgan fingerprint density at radius 3 is 2.47 bits per heavy atom. The van der Waals surface area contributed by atoms with Gasteiger partial charge in [-0.05, 0) is 27.2 Å². The maximum Gasteiger partial charge on any atom is 0.410 e. The van der Waals surface area contributed by atoms with Crippen molar-refractivity contribution in [1.82, 2.24) is 4.90 Å². The van der Waals surface area contributed by atoms with Crippen molar-refractivity contribution in [2.45, 2.75) is 44.8 Å². The lowest BCUT2D eigenvalue weighted by Crippen LogP contribution is -2.47. The molecule has 0 aromatic rings. The summed E-state index contributed by atoms with van der Waals surface area (Å²) in [5.74, 6) is 0. The normalized spacial score (nSPS) is 30.5. The third kappa shape index (κ3) is 2.25. The molecular formula is C11H19NO3. The Hall–Kier alpha value is -0.770. The highest BCUT2D eigenvalue weighted by Gasteiger charge is 2.46. The van der Waals surface area contributed by atoms with Gasteiger partial charge in [0.25, 0.3) is 0 Å². The van der Waals surface area contributed by atoms with E-state index in [0.29, 0.717) is 6.54 Å². The van der Waals surface area contributed by atoms with Crippen LogP contribution in [0, 0.1) is 0 Å². The van der Waals surface area contributed by atoms with Crippen molar-refractivity contribution in [3.8, 4) is 0 Å². The first kappa shape index (κ1) is 10.7. The van der Waals surface area contributed by atoms with Crippen molar-refractivity contribution < 1.29 is 14.3 Å². The summed E-state index contributed by atoms with van der Waals surface area (Å²) in [5, 5.41) is 0. The van der Waals surface area contributed by atoms with E-state index in [4.69, 9.17) is 9.47 Å². The quantitative estimate of drug-likeness (QED) is 0.615. The van der Waals surface area contributed by atoms with Gasteiger partial charge in [0.15, 0.2) is 0 Å². The molecular weight excluding hydrogens is 194 g/mol. The van der Waals surface area contributed by atoms with Crippen LogP contribution < -0.4 is 0 Å². The molecule has 0 saturated carbocycles. The number of ether oxygens (including phenoxy) is 2. The zero-order valence-corrected chi connectivity index (χ0v) is 9.71. The average molecular weight is 213 g/mol. The van der Waals surface area contributed by atoms with Gasteiger partial charge in [-0.1, -0.05) is 0 Å². The van der Waals surface area contributed by atoms with Gasteiger partial charge < -0.3 is 14.4 Å². The minimum atomic E-state index is -0.409. The predicted octanol–water partition coefficient (Wildman–Crippen LogP) is 1.79. The summed E-state index contributed by atoms with van der Waals surface area (Å²) >= 11 is 0. The molecule has 1 spiro atoms. The molecule has 2 aliphatic heterocycles. The average Bonchev–Trinajstić information content (AvgIpc) is 2.43. The molecule has 1 atom stereocenters. The van der Waals surface area contributed by atoms with Crippen LogP contribution in [0.2, 0.25) is 0 Å². The van der Waals surface area contributed by atoms with E-state index >= 15 is 0 Å². The van der Waals surface area contributed by atoms with Crippen LogP contribution in [0.25, 0.3) is 0 Å². The second kappa shape index (κ2) is 3.37. The highest BCUT2D eigenvalue weighted by Crippen LogP contribution is 2.36. The van der Waals surface area contributed by atoms with Gasteiger partial charge in [0.2, 0.25) is 0 Å². The summed E-state index contributed by atoms with van der Waals surface area (Å²) < 4.78 is 10.9. The predicted molar refractivity (Wildman–Crippen MR) is 55.7 cm³/mol. The van der Waals surface area contributed by atoms with E-state index < -0.39 is 5.60 Å². The van der Waals surface area contributed by atoms with Gasteiger partial charge in [-0.2, -0.15) is 0 Å². The fraction of sp³-hybridized carbons (Fsp3) is 0.909. The highest BCUT2D eigenvalue weighted by molar-refractivity contribution is 5.68. The van der Waals surface area contributed by atoms with Gasteiger partial charge in [-0.3, -0.25) is 0 Å². The maximum atomic E-state index is 11.7. The van der Waals surface area contributed by atoms with Crippen molar-refractivity contribution in [1.29, 1.82) is 0 Å². The topological polar surface area (TPSA) is 38.8 Å². The number of amides is 1. The summed E-state index contributed by atoms with van der Waals surface area (Å²) in [5.41, 5.74) is -0.440. The Bertz CT molecular complexity index is 265. The van der Waals surface area contributed by atoms with Crippen LogP contribution in [0.15, 0.2) is 0 Å².